The van der Waals surface area contributed by atoms with Gasteiger partial charge in [0, 0.05) is 12.5 Å². The zero-order valence-electron chi connectivity index (χ0n) is 13.6. The molecule has 0 aliphatic rings. The van der Waals surface area contributed by atoms with Gasteiger partial charge < -0.3 is 15.8 Å². The standard InChI is InChI=1S/C15H20N4O3S/c1-5-22-15(21)12-8(3)11-13(17-7(2)6-10(16)20)18-9(4)19-14(11)23-12/h7H,5-6H2,1-4H3,(H2,16,20)(H,17,18,19). The van der Waals surface area contributed by atoms with E-state index in [2.05, 4.69) is 15.3 Å². The van der Waals surface area contributed by atoms with Crippen LogP contribution in [0.1, 0.15) is 41.3 Å². The number of aryl methyl sites for hydroxylation is 2. The van der Waals surface area contributed by atoms with Crippen LogP contribution in [0.15, 0.2) is 0 Å². The second-order valence-electron chi connectivity index (χ2n) is 5.29. The lowest BCUT2D eigenvalue weighted by atomic mass is 10.1. The number of esters is 1. The van der Waals surface area contributed by atoms with Gasteiger partial charge in [-0.1, -0.05) is 0 Å². The van der Waals surface area contributed by atoms with E-state index in [1.54, 1.807) is 13.8 Å². The minimum Gasteiger partial charge on any atom is -0.462 e. The molecule has 0 spiro atoms. The van der Waals surface area contributed by atoms with Crippen molar-refractivity contribution in [1.29, 1.82) is 0 Å². The Labute approximate surface area is 138 Å². The summed E-state index contributed by atoms with van der Waals surface area (Å²) in [5.41, 5.74) is 6.00. The minimum absolute atomic E-state index is 0.171. The van der Waals surface area contributed by atoms with Gasteiger partial charge in [0.1, 0.15) is 21.3 Å². The first-order chi connectivity index (χ1) is 10.8. The van der Waals surface area contributed by atoms with E-state index >= 15 is 0 Å². The van der Waals surface area contributed by atoms with Gasteiger partial charge in [-0.2, -0.15) is 0 Å². The lowest BCUT2D eigenvalue weighted by Crippen LogP contribution is -2.24. The van der Waals surface area contributed by atoms with E-state index in [0.717, 1.165) is 10.9 Å². The fourth-order valence-electron chi connectivity index (χ4n) is 2.33. The average molecular weight is 336 g/mol. The van der Waals surface area contributed by atoms with Crippen molar-refractivity contribution in [2.45, 2.75) is 40.2 Å². The van der Waals surface area contributed by atoms with Crippen LogP contribution in [0.3, 0.4) is 0 Å². The van der Waals surface area contributed by atoms with Gasteiger partial charge in [0.25, 0.3) is 0 Å². The zero-order chi connectivity index (χ0) is 17.1. The summed E-state index contributed by atoms with van der Waals surface area (Å²) in [6.45, 7) is 7.55. The molecule has 0 aromatic carbocycles. The first kappa shape index (κ1) is 17.1. The topological polar surface area (TPSA) is 107 Å². The molecule has 0 saturated carbocycles. The maximum Gasteiger partial charge on any atom is 0.348 e. The fourth-order valence-corrected chi connectivity index (χ4v) is 3.45. The third kappa shape index (κ3) is 3.76. The van der Waals surface area contributed by atoms with Crippen LogP contribution >= 0.6 is 11.3 Å². The lowest BCUT2D eigenvalue weighted by molar-refractivity contribution is -0.118. The number of amides is 1. The summed E-state index contributed by atoms with van der Waals surface area (Å²) in [5.74, 6) is 0.441. The second kappa shape index (κ2) is 6.91. The molecule has 8 heteroatoms. The number of primary amides is 1. The highest BCUT2D eigenvalue weighted by molar-refractivity contribution is 7.20. The molecule has 2 rings (SSSR count). The van der Waals surface area contributed by atoms with Crippen molar-refractivity contribution >= 4 is 39.2 Å². The quantitative estimate of drug-likeness (QED) is 0.783. The molecule has 3 N–H and O–H groups in total. The maximum absolute atomic E-state index is 12.1. The van der Waals surface area contributed by atoms with E-state index in [-0.39, 0.29) is 24.3 Å². The van der Waals surface area contributed by atoms with Gasteiger partial charge in [-0.05, 0) is 33.3 Å². The largest absolute Gasteiger partial charge is 0.462 e. The summed E-state index contributed by atoms with van der Waals surface area (Å²) in [6.07, 6.45) is 0.193. The molecule has 0 bridgehead atoms. The number of hydrogen-bond acceptors (Lipinski definition) is 7. The van der Waals surface area contributed by atoms with Gasteiger partial charge in [-0.3, -0.25) is 4.79 Å². The molecular formula is C15H20N4O3S. The highest BCUT2D eigenvalue weighted by atomic mass is 32.1. The molecule has 2 heterocycles. The SMILES string of the molecule is CCOC(=O)c1sc2nc(C)nc(NC(C)CC(N)=O)c2c1C. The summed E-state index contributed by atoms with van der Waals surface area (Å²) in [4.78, 5) is 33.2. The first-order valence-electron chi connectivity index (χ1n) is 7.33. The summed E-state index contributed by atoms with van der Waals surface area (Å²) in [6, 6.07) is -0.171. The molecule has 7 nitrogen and oxygen atoms in total. The third-order valence-electron chi connectivity index (χ3n) is 3.25. The lowest BCUT2D eigenvalue weighted by Gasteiger charge is -2.14. The Kier molecular flexibility index (Phi) is 5.15. The first-order valence-corrected chi connectivity index (χ1v) is 8.14. The molecule has 0 aliphatic heterocycles. The number of fused-ring (bicyclic) bond motifs is 1. The van der Waals surface area contributed by atoms with Crippen molar-refractivity contribution < 1.29 is 14.3 Å². The van der Waals surface area contributed by atoms with Gasteiger partial charge in [0.2, 0.25) is 5.91 Å². The highest BCUT2D eigenvalue weighted by Gasteiger charge is 2.21. The number of nitrogens with two attached hydrogens (primary N) is 1. The van der Waals surface area contributed by atoms with E-state index in [1.165, 1.54) is 11.3 Å². The Morgan fingerprint density at radius 3 is 2.65 bits per heavy atom. The molecule has 124 valence electrons. The number of carbonyl (C=O) groups is 2. The number of thiophene rings is 1. The van der Waals surface area contributed by atoms with Crippen LogP contribution < -0.4 is 11.1 Å². The average Bonchev–Trinajstić information content (AvgIpc) is 2.75. The third-order valence-corrected chi connectivity index (χ3v) is 4.42. The molecule has 2 aromatic heterocycles. The molecule has 0 aliphatic carbocycles. The van der Waals surface area contributed by atoms with Crippen molar-refractivity contribution in [1.82, 2.24) is 9.97 Å². The van der Waals surface area contributed by atoms with Gasteiger partial charge in [-0.15, -0.1) is 11.3 Å². The van der Waals surface area contributed by atoms with Gasteiger partial charge in [-0.25, -0.2) is 14.8 Å². The molecule has 1 unspecified atom stereocenters. The molecule has 0 saturated heterocycles. The summed E-state index contributed by atoms with van der Waals surface area (Å²) >= 11 is 1.28. The van der Waals surface area contributed by atoms with E-state index in [9.17, 15) is 9.59 Å². The van der Waals surface area contributed by atoms with Gasteiger partial charge in [0.15, 0.2) is 0 Å². The van der Waals surface area contributed by atoms with Crippen LogP contribution in [-0.4, -0.2) is 34.5 Å². The van der Waals surface area contributed by atoms with Crippen LogP contribution in [0.5, 0.6) is 0 Å². The van der Waals surface area contributed by atoms with E-state index < -0.39 is 0 Å². The van der Waals surface area contributed by atoms with Crippen molar-refractivity contribution in [2.24, 2.45) is 5.73 Å². The number of aromatic nitrogens is 2. The fraction of sp³-hybridized carbons (Fsp3) is 0.467. The number of hydrogen-bond donors (Lipinski definition) is 2. The Morgan fingerprint density at radius 1 is 1.35 bits per heavy atom. The predicted octanol–water partition coefficient (Wildman–Crippen LogP) is 2.16. The Bertz CT molecular complexity index is 757. The van der Waals surface area contributed by atoms with E-state index in [4.69, 9.17) is 10.5 Å². The normalized spacial score (nSPS) is 12.2. The van der Waals surface area contributed by atoms with E-state index in [1.807, 2.05) is 13.8 Å². The second-order valence-corrected chi connectivity index (χ2v) is 6.29. The van der Waals surface area contributed by atoms with Gasteiger partial charge in [0.05, 0.1) is 12.0 Å². The number of rotatable bonds is 6. The smallest absolute Gasteiger partial charge is 0.348 e. The Morgan fingerprint density at radius 2 is 2.04 bits per heavy atom. The van der Waals surface area contributed by atoms with Crippen LogP contribution in [-0.2, 0) is 9.53 Å². The molecular weight excluding hydrogens is 316 g/mol. The van der Waals surface area contributed by atoms with Crippen molar-refractivity contribution in [3.63, 3.8) is 0 Å². The molecule has 0 fully saturated rings. The zero-order valence-corrected chi connectivity index (χ0v) is 14.4. The summed E-state index contributed by atoms with van der Waals surface area (Å²) in [5, 5.41) is 3.96. The van der Waals surface area contributed by atoms with Crippen LogP contribution in [0.25, 0.3) is 10.2 Å². The van der Waals surface area contributed by atoms with Crippen LogP contribution in [0.2, 0.25) is 0 Å². The Balaban J connectivity index is 2.48. The summed E-state index contributed by atoms with van der Waals surface area (Å²) in [7, 11) is 0. The van der Waals surface area contributed by atoms with Crippen LogP contribution in [0.4, 0.5) is 5.82 Å². The molecule has 0 radical (unpaired) electrons. The number of nitrogens with zero attached hydrogens (tertiary/aromatic N) is 2. The highest BCUT2D eigenvalue weighted by Crippen LogP contribution is 2.34. The molecule has 23 heavy (non-hydrogen) atoms. The van der Waals surface area contributed by atoms with Crippen molar-refractivity contribution in [2.75, 3.05) is 11.9 Å². The number of nitrogens with one attached hydrogen (secondary N) is 1. The Hall–Kier alpha value is -2.22. The van der Waals surface area contributed by atoms with Crippen molar-refractivity contribution in [3.8, 4) is 0 Å². The van der Waals surface area contributed by atoms with Gasteiger partial charge >= 0.3 is 5.97 Å². The number of ether oxygens (including phenoxy) is 1. The maximum atomic E-state index is 12.1. The van der Waals surface area contributed by atoms with E-state index in [0.29, 0.717) is 28.0 Å². The number of anilines is 1. The summed E-state index contributed by atoms with van der Waals surface area (Å²) < 4.78 is 5.08. The van der Waals surface area contributed by atoms with Crippen molar-refractivity contribution in [3.05, 3.63) is 16.3 Å². The number of carbonyl (C=O) groups excluding carboxylic acids is 2. The predicted molar refractivity (Wildman–Crippen MR) is 89.7 cm³/mol. The molecule has 1 amide bonds. The van der Waals surface area contributed by atoms with Crippen LogP contribution in [0, 0.1) is 13.8 Å². The minimum atomic E-state index is -0.388. The molecule has 2 aromatic rings. The monoisotopic (exact) mass is 336 g/mol. The molecule has 1 atom stereocenters.